The van der Waals surface area contributed by atoms with E-state index in [4.69, 9.17) is 0 Å². The van der Waals surface area contributed by atoms with Gasteiger partial charge >= 0.3 is 0 Å². The Balaban J connectivity index is 1.51. The fourth-order valence-electron chi connectivity index (χ4n) is 3.58. The van der Waals surface area contributed by atoms with E-state index in [9.17, 15) is 14.4 Å². The number of thiazole rings is 1. The molecule has 0 bridgehead atoms. The zero-order chi connectivity index (χ0) is 23.2. The third-order valence-electron chi connectivity index (χ3n) is 5.26. The van der Waals surface area contributed by atoms with Crippen molar-refractivity contribution in [2.24, 2.45) is 0 Å². The Morgan fingerprint density at radius 3 is 2.39 bits per heavy atom. The second kappa shape index (κ2) is 10.2. The number of para-hydroxylation sites is 1. The highest BCUT2D eigenvalue weighted by atomic mass is 32.1. The molecule has 0 spiro atoms. The number of aryl methyl sites for hydroxylation is 2. The standard InChI is InChI=1S/C25H24N4O3S/c1-26-24(31)18-15-29(13-7-10-17-8-3-2-4-9-17)16-19(23(18)30)25(32)27-14-22-28-20-11-5-6-12-21(20)33-22/h2-6,8-9,11-12,15-16H,7,10,13-14H2,1H3,(H,26,31)(H,27,32). The number of nitrogens with one attached hydrogen (secondary N) is 2. The third kappa shape index (κ3) is 5.35. The smallest absolute Gasteiger partial charge is 0.257 e. The quantitative estimate of drug-likeness (QED) is 0.422. The Bertz CT molecular complexity index is 1310. The van der Waals surface area contributed by atoms with Crippen LogP contribution in [0.4, 0.5) is 0 Å². The van der Waals surface area contributed by atoms with Crippen molar-refractivity contribution < 1.29 is 9.59 Å². The normalized spacial score (nSPS) is 10.8. The van der Waals surface area contributed by atoms with Crippen LogP contribution in [0.5, 0.6) is 0 Å². The first-order valence-corrected chi connectivity index (χ1v) is 11.5. The van der Waals surface area contributed by atoms with Gasteiger partial charge in [-0.15, -0.1) is 11.3 Å². The number of carbonyl (C=O) groups excluding carboxylic acids is 2. The van der Waals surface area contributed by atoms with Gasteiger partial charge < -0.3 is 15.2 Å². The fraction of sp³-hybridized carbons (Fsp3) is 0.200. The van der Waals surface area contributed by atoms with E-state index in [1.807, 2.05) is 42.5 Å². The zero-order valence-corrected chi connectivity index (χ0v) is 19.0. The summed E-state index contributed by atoms with van der Waals surface area (Å²) < 4.78 is 2.77. The lowest BCUT2D eigenvalue weighted by Gasteiger charge is -2.12. The Kier molecular flexibility index (Phi) is 6.95. The Morgan fingerprint density at radius 1 is 0.970 bits per heavy atom. The van der Waals surface area contributed by atoms with Gasteiger partial charge in [0.2, 0.25) is 5.43 Å². The van der Waals surface area contributed by atoms with Crippen molar-refractivity contribution >= 4 is 33.4 Å². The van der Waals surface area contributed by atoms with Gasteiger partial charge in [-0.3, -0.25) is 14.4 Å². The minimum Gasteiger partial charge on any atom is -0.355 e. The van der Waals surface area contributed by atoms with Crippen molar-refractivity contribution in [1.29, 1.82) is 0 Å². The number of carbonyl (C=O) groups is 2. The van der Waals surface area contributed by atoms with Crippen molar-refractivity contribution in [2.45, 2.75) is 25.9 Å². The predicted octanol–water partition coefficient (Wildman–Crippen LogP) is 3.38. The van der Waals surface area contributed by atoms with Gasteiger partial charge in [-0.2, -0.15) is 0 Å². The van der Waals surface area contributed by atoms with Crippen LogP contribution >= 0.6 is 11.3 Å². The summed E-state index contributed by atoms with van der Waals surface area (Å²) in [6, 6.07) is 17.8. The fourth-order valence-corrected chi connectivity index (χ4v) is 4.48. The van der Waals surface area contributed by atoms with Gasteiger partial charge in [0.15, 0.2) is 0 Å². The molecule has 0 radical (unpaired) electrons. The Labute approximate surface area is 195 Å². The molecule has 0 unspecified atom stereocenters. The molecule has 0 aliphatic heterocycles. The molecule has 33 heavy (non-hydrogen) atoms. The first kappa shape index (κ1) is 22.4. The Morgan fingerprint density at radius 2 is 1.67 bits per heavy atom. The number of hydrogen-bond donors (Lipinski definition) is 2. The minimum atomic E-state index is -0.588. The van der Waals surface area contributed by atoms with Crippen molar-refractivity contribution in [3.05, 3.63) is 98.9 Å². The molecule has 8 heteroatoms. The number of benzene rings is 2. The topological polar surface area (TPSA) is 93.1 Å². The van der Waals surface area contributed by atoms with Crippen molar-refractivity contribution in [2.75, 3.05) is 7.05 Å². The summed E-state index contributed by atoms with van der Waals surface area (Å²) in [6.45, 7) is 0.771. The highest BCUT2D eigenvalue weighted by molar-refractivity contribution is 7.18. The minimum absolute atomic E-state index is 0.0511. The first-order chi connectivity index (χ1) is 16.0. The number of hydrogen-bond acceptors (Lipinski definition) is 5. The van der Waals surface area contributed by atoms with Crippen LogP contribution in [0.1, 0.15) is 37.7 Å². The molecular weight excluding hydrogens is 436 g/mol. The summed E-state index contributed by atoms with van der Waals surface area (Å²) >= 11 is 1.49. The molecule has 0 atom stereocenters. The molecule has 2 amide bonds. The summed E-state index contributed by atoms with van der Waals surface area (Å²) in [5.41, 5.74) is 1.38. The van der Waals surface area contributed by atoms with Crippen molar-refractivity contribution in [3.63, 3.8) is 0 Å². The average Bonchev–Trinajstić information content (AvgIpc) is 3.26. The number of amides is 2. The van der Waals surface area contributed by atoms with E-state index in [2.05, 4.69) is 27.8 Å². The summed E-state index contributed by atoms with van der Waals surface area (Å²) in [5.74, 6) is -1.04. The van der Waals surface area contributed by atoms with Gasteiger partial charge in [0.05, 0.1) is 16.8 Å². The van der Waals surface area contributed by atoms with Crippen LogP contribution in [0.3, 0.4) is 0 Å². The Hall–Kier alpha value is -3.78. The summed E-state index contributed by atoms with van der Waals surface area (Å²) in [4.78, 5) is 42.5. The SMILES string of the molecule is CNC(=O)c1cn(CCCc2ccccc2)cc(C(=O)NCc2nc3ccccc3s2)c1=O. The van der Waals surface area contributed by atoms with Crippen LogP contribution < -0.4 is 16.1 Å². The molecule has 2 N–H and O–H groups in total. The maximum atomic E-state index is 12.9. The second-order valence-corrected chi connectivity index (χ2v) is 8.69. The molecule has 4 rings (SSSR count). The largest absolute Gasteiger partial charge is 0.355 e. The van der Waals surface area contributed by atoms with Crippen LogP contribution in [0.15, 0.2) is 71.8 Å². The molecule has 0 saturated carbocycles. The van der Waals surface area contributed by atoms with Gasteiger partial charge in [-0.25, -0.2) is 4.98 Å². The first-order valence-electron chi connectivity index (χ1n) is 10.7. The van der Waals surface area contributed by atoms with Gasteiger partial charge in [0, 0.05) is 26.0 Å². The molecular formula is C25H24N4O3S. The highest BCUT2D eigenvalue weighted by Gasteiger charge is 2.19. The van der Waals surface area contributed by atoms with E-state index in [1.54, 1.807) is 4.57 Å². The van der Waals surface area contributed by atoms with Gasteiger partial charge in [-0.1, -0.05) is 42.5 Å². The van der Waals surface area contributed by atoms with Crippen molar-refractivity contribution in [1.82, 2.24) is 20.2 Å². The number of pyridine rings is 1. The molecule has 0 fully saturated rings. The van der Waals surface area contributed by atoms with Crippen LogP contribution in [-0.4, -0.2) is 28.4 Å². The van der Waals surface area contributed by atoms with Crippen LogP contribution in [-0.2, 0) is 19.5 Å². The second-order valence-electron chi connectivity index (χ2n) is 7.58. The number of nitrogens with zero attached hydrogens (tertiary/aromatic N) is 2. The predicted molar refractivity (Wildman–Crippen MR) is 130 cm³/mol. The van der Waals surface area contributed by atoms with E-state index >= 15 is 0 Å². The van der Waals surface area contributed by atoms with Gasteiger partial charge in [0.25, 0.3) is 11.8 Å². The molecule has 4 aromatic rings. The highest BCUT2D eigenvalue weighted by Crippen LogP contribution is 2.21. The molecule has 2 aromatic heterocycles. The molecule has 0 aliphatic rings. The van der Waals surface area contributed by atoms with Crippen LogP contribution in [0, 0.1) is 0 Å². The summed E-state index contributed by atoms with van der Waals surface area (Å²) in [6.07, 6.45) is 4.68. The van der Waals surface area contributed by atoms with Crippen molar-refractivity contribution in [3.8, 4) is 0 Å². The third-order valence-corrected chi connectivity index (χ3v) is 6.29. The average molecular weight is 461 g/mol. The molecule has 2 aromatic carbocycles. The number of rotatable bonds is 8. The van der Waals surface area contributed by atoms with Crippen LogP contribution in [0.25, 0.3) is 10.2 Å². The number of fused-ring (bicyclic) bond motifs is 1. The molecule has 2 heterocycles. The monoisotopic (exact) mass is 460 g/mol. The molecule has 168 valence electrons. The van der Waals surface area contributed by atoms with Crippen LogP contribution in [0.2, 0.25) is 0 Å². The lowest BCUT2D eigenvalue weighted by molar-refractivity contribution is 0.0948. The van der Waals surface area contributed by atoms with E-state index in [0.29, 0.717) is 6.54 Å². The maximum Gasteiger partial charge on any atom is 0.257 e. The zero-order valence-electron chi connectivity index (χ0n) is 18.2. The van der Waals surface area contributed by atoms with Gasteiger partial charge in [-0.05, 0) is 30.5 Å². The van der Waals surface area contributed by atoms with E-state index in [1.165, 1.54) is 36.3 Å². The lowest BCUT2D eigenvalue weighted by Crippen LogP contribution is -2.34. The van der Waals surface area contributed by atoms with E-state index < -0.39 is 17.2 Å². The van der Waals surface area contributed by atoms with E-state index in [0.717, 1.165) is 28.1 Å². The lowest BCUT2D eigenvalue weighted by atomic mass is 10.1. The molecule has 0 aliphatic carbocycles. The molecule has 0 saturated heterocycles. The van der Waals surface area contributed by atoms with E-state index in [-0.39, 0.29) is 17.7 Å². The molecule has 7 nitrogen and oxygen atoms in total. The maximum absolute atomic E-state index is 12.9. The number of aromatic nitrogens is 2. The van der Waals surface area contributed by atoms with Gasteiger partial charge in [0.1, 0.15) is 16.1 Å². The summed E-state index contributed by atoms with van der Waals surface area (Å²) in [7, 11) is 1.46. The summed E-state index contributed by atoms with van der Waals surface area (Å²) in [5, 5.41) is 6.00.